The van der Waals surface area contributed by atoms with Gasteiger partial charge in [-0.15, -0.1) is 12.4 Å². The predicted molar refractivity (Wildman–Crippen MR) is 87.9 cm³/mol. The van der Waals surface area contributed by atoms with E-state index in [0.717, 1.165) is 0 Å². The molecule has 0 heterocycles. The van der Waals surface area contributed by atoms with E-state index in [9.17, 15) is 8.42 Å². The zero-order chi connectivity index (χ0) is 15.4. The second-order valence-corrected chi connectivity index (χ2v) is 6.68. The molecule has 0 saturated carbocycles. The molecular formula is C13H22Cl2N2O3S. The van der Waals surface area contributed by atoms with Crippen LogP contribution in [0.5, 0.6) is 5.75 Å². The van der Waals surface area contributed by atoms with Crippen LogP contribution in [0.4, 0.5) is 0 Å². The lowest BCUT2D eigenvalue weighted by Gasteiger charge is -2.31. The summed E-state index contributed by atoms with van der Waals surface area (Å²) >= 11 is 5.97. The normalized spacial score (nSPS) is 11.9. The van der Waals surface area contributed by atoms with E-state index in [0.29, 0.717) is 18.6 Å². The van der Waals surface area contributed by atoms with Crippen molar-refractivity contribution in [2.45, 2.75) is 37.1 Å². The largest absolute Gasteiger partial charge is 0.495 e. The number of nitrogens with two attached hydrogens (primary N) is 1. The number of ether oxygens (including phenoxy) is 1. The Morgan fingerprint density at radius 1 is 1.33 bits per heavy atom. The van der Waals surface area contributed by atoms with Gasteiger partial charge in [0.05, 0.1) is 17.0 Å². The summed E-state index contributed by atoms with van der Waals surface area (Å²) < 4.78 is 32.5. The molecule has 0 aliphatic carbocycles. The van der Waals surface area contributed by atoms with Crippen LogP contribution >= 0.6 is 24.0 Å². The van der Waals surface area contributed by atoms with E-state index in [1.54, 1.807) is 0 Å². The van der Waals surface area contributed by atoms with Gasteiger partial charge in [-0.25, -0.2) is 13.1 Å². The van der Waals surface area contributed by atoms with E-state index >= 15 is 0 Å². The van der Waals surface area contributed by atoms with Gasteiger partial charge >= 0.3 is 0 Å². The Morgan fingerprint density at radius 3 is 2.29 bits per heavy atom. The first-order chi connectivity index (χ1) is 9.34. The highest BCUT2D eigenvalue weighted by molar-refractivity contribution is 7.89. The molecule has 8 heteroatoms. The summed E-state index contributed by atoms with van der Waals surface area (Å²) in [5.41, 5.74) is 5.08. The van der Waals surface area contributed by atoms with Crippen molar-refractivity contribution in [2.75, 3.05) is 13.7 Å². The van der Waals surface area contributed by atoms with Crippen molar-refractivity contribution in [1.29, 1.82) is 0 Å². The Kier molecular flexibility index (Phi) is 7.99. The van der Waals surface area contributed by atoms with Crippen molar-refractivity contribution in [1.82, 2.24) is 4.72 Å². The summed E-state index contributed by atoms with van der Waals surface area (Å²) in [5, 5.41) is 0.252. The minimum atomic E-state index is -3.67. The summed E-state index contributed by atoms with van der Waals surface area (Å²) in [5.74, 6) is 0.432. The average molecular weight is 357 g/mol. The highest BCUT2D eigenvalue weighted by Crippen LogP contribution is 2.28. The predicted octanol–water partition coefficient (Wildman–Crippen LogP) is 2.57. The Morgan fingerprint density at radius 2 is 1.90 bits per heavy atom. The van der Waals surface area contributed by atoms with Gasteiger partial charge in [0.2, 0.25) is 10.0 Å². The maximum absolute atomic E-state index is 12.4. The van der Waals surface area contributed by atoms with Crippen LogP contribution in [0.2, 0.25) is 5.02 Å². The molecule has 1 aromatic carbocycles. The van der Waals surface area contributed by atoms with Gasteiger partial charge in [-0.2, -0.15) is 0 Å². The highest BCUT2D eigenvalue weighted by Gasteiger charge is 2.31. The Labute approximate surface area is 137 Å². The van der Waals surface area contributed by atoms with Gasteiger partial charge in [0.15, 0.2) is 0 Å². The summed E-state index contributed by atoms with van der Waals surface area (Å²) in [7, 11) is -2.20. The molecule has 0 amide bonds. The molecule has 0 aliphatic heterocycles. The quantitative estimate of drug-likeness (QED) is 0.786. The molecule has 0 saturated heterocycles. The lowest BCUT2D eigenvalue weighted by molar-refractivity contribution is 0.363. The number of nitrogens with one attached hydrogen (secondary N) is 1. The van der Waals surface area contributed by atoms with Gasteiger partial charge in [0.1, 0.15) is 5.75 Å². The Bertz CT molecular complexity index is 552. The zero-order valence-electron chi connectivity index (χ0n) is 12.3. The van der Waals surface area contributed by atoms with Crippen molar-refractivity contribution >= 4 is 34.0 Å². The molecule has 0 radical (unpaired) electrons. The molecule has 3 N–H and O–H groups in total. The van der Waals surface area contributed by atoms with Gasteiger partial charge in [0, 0.05) is 12.1 Å². The van der Waals surface area contributed by atoms with Crippen LogP contribution in [-0.4, -0.2) is 27.6 Å². The molecule has 0 aliphatic rings. The number of sulfonamides is 1. The third kappa shape index (κ3) is 4.72. The number of hydrogen-bond donors (Lipinski definition) is 2. The number of benzene rings is 1. The molecule has 0 aromatic heterocycles. The lowest BCUT2D eigenvalue weighted by atomic mass is 9.95. The zero-order valence-corrected chi connectivity index (χ0v) is 14.7. The van der Waals surface area contributed by atoms with Crippen LogP contribution in [0, 0.1) is 0 Å². The van der Waals surface area contributed by atoms with Crippen LogP contribution in [-0.2, 0) is 10.0 Å². The maximum atomic E-state index is 12.4. The fraction of sp³-hybridized carbons (Fsp3) is 0.538. The minimum Gasteiger partial charge on any atom is -0.495 e. The number of halogens is 2. The van der Waals surface area contributed by atoms with Crippen LogP contribution in [0.15, 0.2) is 23.1 Å². The average Bonchev–Trinajstić information content (AvgIpc) is 2.44. The standard InChI is InChI=1S/C13H21ClN2O3S.ClH/c1-4-13(5-2,9-15)16-20(17,18)10-6-7-12(19-3)11(14)8-10;/h6-8,16H,4-5,9,15H2,1-3H3;1H. The minimum absolute atomic E-state index is 0. The Hall–Kier alpha value is -0.530. The monoisotopic (exact) mass is 356 g/mol. The molecular weight excluding hydrogens is 335 g/mol. The lowest BCUT2D eigenvalue weighted by Crippen LogP contribution is -2.52. The smallest absolute Gasteiger partial charge is 0.241 e. The van der Waals surface area contributed by atoms with E-state index in [2.05, 4.69) is 4.72 Å². The molecule has 0 fully saturated rings. The van der Waals surface area contributed by atoms with E-state index < -0.39 is 15.6 Å². The van der Waals surface area contributed by atoms with Gasteiger partial charge in [-0.1, -0.05) is 25.4 Å². The van der Waals surface area contributed by atoms with Gasteiger partial charge in [-0.3, -0.25) is 0 Å². The number of methoxy groups -OCH3 is 1. The van der Waals surface area contributed by atoms with E-state index in [1.165, 1.54) is 25.3 Å². The van der Waals surface area contributed by atoms with Gasteiger partial charge < -0.3 is 10.5 Å². The van der Waals surface area contributed by atoms with E-state index in [4.69, 9.17) is 22.1 Å². The van der Waals surface area contributed by atoms with E-state index in [1.807, 2.05) is 13.8 Å². The van der Waals surface area contributed by atoms with Crippen LogP contribution in [0.1, 0.15) is 26.7 Å². The molecule has 0 bridgehead atoms. The fourth-order valence-electron chi connectivity index (χ4n) is 1.88. The first kappa shape index (κ1) is 20.5. The summed E-state index contributed by atoms with van der Waals surface area (Å²) in [6.45, 7) is 4.04. The van der Waals surface area contributed by atoms with Crippen LogP contribution in [0.3, 0.4) is 0 Å². The van der Waals surface area contributed by atoms with Gasteiger partial charge in [0.25, 0.3) is 0 Å². The fourth-order valence-corrected chi connectivity index (χ4v) is 3.79. The second kappa shape index (κ2) is 8.19. The molecule has 1 aromatic rings. The Balaban J connectivity index is 0.00000400. The molecule has 5 nitrogen and oxygen atoms in total. The molecule has 0 atom stereocenters. The van der Waals surface area contributed by atoms with Crippen LogP contribution < -0.4 is 15.2 Å². The SMILES string of the molecule is CCC(CC)(CN)NS(=O)(=O)c1ccc(OC)c(Cl)c1.Cl. The highest BCUT2D eigenvalue weighted by atomic mass is 35.5. The maximum Gasteiger partial charge on any atom is 0.241 e. The molecule has 1 rings (SSSR count). The van der Waals surface area contributed by atoms with Crippen LogP contribution in [0.25, 0.3) is 0 Å². The number of rotatable bonds is 7. The molecule has 21 heavy (non-hydrogen) atoms. The summed E-state index contributed by atoms with van der Waals surface area (Å²) in [6, 6.07) is 4.36. The third-order valence-corrected chi connectivity index (χ3v) is 5.40. The van der Waals surface area contributed by atoms with Crippen molar-refractivity contribution in [3.63, 3.8) is 0 Å². The summed E-state index contributed by atoms with van der Waals surface area (Å²) in [4.78, 5) is 0.100. The third-order valence-electron chi connectivity index (χ3n) is 3.53. The van der Waals surface area contributed by atoms with Crippen molar-refractivity contribution in [3.8, 4) is 5.75 Å². The number of hydrogen-bond acceptors (Lipinski definition) is 4. The molecule has 122 valence electrons. The van der Waals surface area contributed by atoms with Gasteiger partial charge in [-0.05, 0) is 31.0 Å². The van der Waals surface area contributed by atoms with Crippen molar-refractivity contribution < 1.29 is 13.2 Å². The summed E-state index contributed by atoms with van der Waals surface area (Å²) in [6.07, 6.45) is 1.23. The van der Waals surface area contributed by atoms with Crippen molar-refractivity contribution in [2.24, 2.45) is 5.73 Å². The second-order valence-electron chi connectivity index (χ2n) is 4.59. The molecule has 0 unspecified atom stereocenters. The first-order valence-corrected chi connectivity index (χ1v) is 8.28. The van der Waals surface area contributed by atoms with Crippen molar-refractivity contribution in [3.05, 3.63) is 23.2 Å². The first-order valence-electron chi connectivity index (χ1n) is 6.41. The van der Waals surface area contributed by atoms with E-state index in [-0.39, 0.29) is 28.9 Å². The topological polar surface area (TPSA) is 81.4 Å². The molecule has 0 spiro atoms.